The van der Waals surface area contributed by atoms with Crippen molar-refractivity contribution in [3.63, 3.8) is 0 Å². The number of carbonyl (C=O) groups is 6. The molecule has 3 aromatic carbocycles. The lowest BCUT2D eigenvalue weighted by Crippen LogP contribution is -2.63. The number of fused-ring (bicyclic) bond motifs is 5. The molecule has 0 unspecified atom stereocenters. The molecule has 8 N–H and O–H groups in total. The highest BCUT2D eigenvalue weighted by Gasteiger charge is 2.44. The Hall–Kier alpha value is -5.96. The first-order valence-electron chi connectivity index (χ1n) is 26.6. The first kappa shape index (κ1) is 60.9. The Kier molecular flexibility index (Phi) is 22.8. The summed E-state index contributed by atoms with van der Waals surface area (Å²) in [6.07, 6.45) is -1.81. The van der Waals surface area contributed by atoms with Crippen molar-refractivity contribution in [1.82, 2.24) is 20.9 Å². The number of hydrogen-bond acceptors (Lipinski definition) is 15. The SMILES string of the molecule is CCCCCCc1ccc(C(=O)C[C@@H](CCN[C@@H]2[C@@H](O)[C@H](O)[C@@H](CO)O[C@@H]2O)C(=O)N(C)[C@@H]2C(=O)C[C@@H](C)C(=O)N[C@H](C(=O)O)Cc3ccc(OCCNC(=O)OC(C)(C)C)c(c3)-c3cc2ccc3OCCC)c(C)c1. The van der Waals surface area contributed by atoms with E-state index in [1.165, 1.54) is 18.9 Å². The quantitative estimate of drug-likeness (QED) is 0.0438. The fourth-order valence-corrected chi connectivity index (χ4v) is 9.57. The van der Waals surface area contributed by atoms with E-state index in [1.54, 1.807) is 63.2 Å². The molecule has 76 heavy (non-hydrogen) atoms. The zero-order valence-electron chi connectivity index (χ0n) is 45.3. The summed E-state index contributed by atoms with van der Waals surface area (Å²) in [4.78, 5) is 84.8. The van der Waals surface area contributed by atoms with Crippen LogP contribution in [-0.2, 0) is 41.5 Å². The van der Waals surface area contributed by atoms with Crippen LogP contribution in [0.1, 0.15) is 132 Å². The third kappa shape index (κ3) is 16.8. The molecule has 2 aliphatic heterocycles. The molecule has 0 aliphatic carbocycles. The maximum atomic E-state index is 15.3. The lowest BCUT2D eigenvalue weighted by Gasteiger charge is -2.40. The lowest BCUT2D eigenvalue weighted by molar-refractivity contribution is -0.254. The smallest absolute Gasteiger partial charge is 0.407 e. The Bertz CT molecular complexity index is 2480. The molecule has 5 rings (SSSR count). The van der Waals surface area contributed by atoms with Crippen molar-refractivity contribution >= 4 is 35.4 Å². The molecule has 0 radical (unpaired) electrons. The Morgan fingerprint density at radius 1 is 0.868 bits per heavy atom. The third-order valence-electron chi connectivity index (χ3n) is 13.7. The summed E-state index contributed by atoms with van der Waals surface area (Å²) in [5, 5.41) is 60.5. The molecule has 1 saturated heterocycles. The molecular weight excluding hydrogens is 981 g/mol. The van der Waals surface area contributed by atoms with Crippen LogP contribution < -0.4 is 25.4 Å². The molecule has 9 atom stereocenters. The molecule has 0 spiro atoms. The van der Waals surface area contributed by atoms with E-state index in [0.29, 0.717) is 52.3 Å². The zero-order valence-corrected chi connectivity index (χ0v) is 45.3. The first-order valence-corrected chi connectivity index (χ1v) is 26.6. The molecule has 2 heterocycles. The minimum Gasteiger partial charge on any atom is -0.493 e. The fourth-order valence-electron chi connectivity index (χ4n) is 9.57. The van der Waals surface area contributed by atoms with Crippen LogP contribution in [-0.4, -0.2) is 148 Å². The van der Waals surface area contributed by atoms with Crippen molar-refractivity contribution in [2.45, 2.75) is 161 Å². The molecule has 0 saturated carbocycles. The van der Waals surface area contributed by atoms with Crippen molar-refractivity contribution in [3.05, 3.63) is 82.4 Å². The van der Waals surface area contributed by atoms with Gasteiger partial charge in [-0.15, -0.1) is 0 Å². The monoisotopic (exact) mass is 1060 g/mol. The van der Waals surface area contributed by atoms with Gasteiger partial charge in [-0.1, -0.05) is 70.4 Å². The van der Waals surface area contributed by atoms with Crippen molar-refractivity contribution < 1.29 is 73.2 Å². The van der Waals surface area contributed by atoms with Crippen molar-refractivity contribution in [1.29, 1.82) is 0 Å². The summed E-state index contributed by atoms with van der Waals surface area (Å²) in [6.45, 7) is 12.2. The van der Waals surface area contributed by atoms with Gasteiger partial charge >= 0.3 is 12.1 Å². The molecule has 2 aliphatic rings. The number of aliphatic carboxylic acids is 1. The fraction of sp³-hybridized carbons (Fsp3) is 0.579. The number of rotatable bonds is 23. The number of carbonyl (C=O) groups excluding carboxylic acids is 5. The van der Waals surface area contributed by atoms with Gasteiger partial charge in [-0.05, 0) is 106 Å². The van der Waals surface area contributed by atoms with E-state index in [4.69, 9.17) is 18.9 Å². The number of amides is 3. The number of ether oxygens (including phenoxy) is 4. The van der Waals surface area contributed by atoms with Crippen LogP contribution in [0.5, 0.6) is 11.5 Å². The van der Waals surface area contributed by atoms with Crippen LogP contribution in [0.4, 0.5) is 4.79 Å². The number of nitrogens with one attached hydrogen (secondary N) is 3. The number of alkyl carbamates (subject to hydrolysis) is 1. The second-order valence-corrected chi connectivity index (χ2v) is 21.0. The molecule has 19 heteroatoms. The average molecular weight is 1060 g/mol. The van der Waals surface area contributed by atoms with Gasteiger partial charge in [0.2, 0.25) is 11.8 Å². The number of likely N-dealkylation sites (N-methyl/N-ethyl adjacent to an activating group) is 1. The van der Waals surface area contributed by atoms with E-state index in [-0.39, 0.29) is 44.7 Å². The van der Waals surface area contributed by atoms with E-state index in [9.17, 15) is 49.5 Å². The van der Waals surface area contributed by atoms with Crippen LogP contribution in [0.2, 0.25) is 0 Å². The molecule has 3 amide bonds. The van der Waals surface area contributed by atoms with Gasteiger partial charge in [-0.25, -0.2) is 9.59 Å². The van der Waals surface area contributed by atoms with Crippen molar-refractivity contribution in [3.8, 4) is 22.6 Å². The number of nitrogens with zero attached hydrogens (tertiary/aromatic N) is 1. The first-order chi connectivity index (χ1) is 36.1. The number of Topliss-reactive ketones (excluding diaryl/α,β-unsaturated/α-hetero) is 2. The van der Waals surface area contributed by atoms with E-state index in [0.717, 1.165) is 43.2 Å². The van der Waals surface area contributed by atoms with Gasteiger partial charge < -0.3 is 65.3 Å². The zero-order chi connectivity index (χ0) is 55.9. The number of aliphatic hydroxyl groups excluding tert-OH is 4. The predicted molar refractivity (Wildman–Crippen MR) is 283 cm³/mol. The van der Waals surface area contributed by atoms with E-state index in [1.807, 2.05) is 26.0 Å². The summed E-state index contributed by atoms with van der Waals surface area (Å²) in [5.74, 6) is -5.02. The second kappa shape index (κ2) is 28.4. The minimum atomic E-state index is -1.65. The Balaban J connectivity index is 1.58. The third-order valence-corrected chi connectivity index (χ3v) is 13.7. The summed E-state index contributed by atoms with van der Waals surface area (Å²) in [6, 6.07) is 11.7. The average Bonchev–Trinajstić information content (AvgIpc) is 3.37. The standard InChI is InChI=1S/C57H80N4O15/c1-9-11-12-13-14-35-15-18-39(33(3)26-35)43(63)31-38(21-22-58-48-51(66)50(65)47(32-62)75-55(48)71)53(68)61(8)49-37-17-20-46(73-24-10-2)41(30-37)40-28-36(29-42(54(69)70)60-52(67)34(4)27-44(49)64)16-19-45(40)74-25-23-59-56(72)76-57(5,6)7/h15-20,26,28,30,34,38,42,47-51,55,58,62,65-66,71H,9-14,21-25,27,29,31-32H2,1-8H3,(H,59,72)(H,60,67)(H,69,70)/t34-,38-,42+,47-,48-,49+,50-,51-,55+/m1/s1. The lowest BCUT2D eigenvalue weighted by atomic mass is 9.88. The molecular formula is C57H80N4O15. The van der Waals surface area contributed by atoms with Gasteiger partial charge in [0.15, 0.2) is 17.9 Å². The summed E-state index contributed by atoms with van der Waals surface area (Å²) in [7, 11) is 1.44. The van der Waals surface area contributed by atoms with Gasteiger partial charge in [0, 0.05) is 54.8 Å². The maximum absolute atomic E-state index is 15.3. The molecule has 418 valence electrons. The van der Waals surface area contributed by atoms with Gasteiger partial charge in [0.25, 0.3) is 0 Å². The van der Waals surface area contributed by atoms with Gasteiger partial charge in [0.1, 0.15) is 54.1 Å². The molecule has 0 aromatic heterocycles. The number of benzene rings is 3. The highest BCUT2D eigenvalue weighted by Crippen LogP contribution is 2.41. The Morgan fingerprint density at radius 2 is 1.57 bits per heavy atom. The van der Waals surface area contributed by atoms with E-state index in [2.05, 4.69) is 22.9 Å². The van der Waals surface area contributed by atoms with Gasteiger partial charge in [0.05, 0.1) is 25.8 Å². The van der Waals surface area contributed by atoms with Gasteiger partial charge in [-0.3, -0.25) is 19.2 Å². The van der Waals surface area contributed by atoms with Crippen LogP contribution in [0.3, 0.4) is 0 Å². The predicted octanol–water partition coefficient (Wildman–Crippen LogP) is 5.37. The number of aliphatic hydroxyl groups is 4. The minimum absolute atomic E-state index is 0.0202. The van der Waals surface area contributed by atoms with Crippen LogP contribution in [0.25, 0.3) is 11.1 Å². The molecule has 19 nitrogen and oxygen atoms in total. The summed E-state index contributed by atoms with van der Waals surface area (Å²) >= 11 is 0. The summed E-state index contributed by atoms with van der Waals surface area (Å²) < 4.78 is 23.3. The number of carboxylic acid groups (broad SMARTS) is 1. The van der Waals surface area contributed by atoms with E-state index < -0.39 is 103 Å². The number of carboxylic acids is 1. The van der Waals surface area contributed by atoms with Crippen LogP contribution >= 0.6 is 0 Å². The number of unbranched alkanes of at least 4 members (excludes halogenated alkanes) is 3. The van der Waals surface area contributed by atoms with Crippen molar-refractivity contribution in [2.24, 2.45) is 11.8 Å². The topological polar surface area (TPSA) is 280 Å². The maximum Gasteiger partial charge on any atom is 0.407 e. The number of hydrogen-bond donors (Lipinski definition) is 8. The molecule has 3 aromatic rings. The highest BCUT2D eigenvalue weighted by molar-refractivity contribution is 6.01. The van der Waals surface area contributed by atoms with E-state index >= 15 is 4.79 Å². The largest absolute Gasteiger partial charge is 0.493 e. The molecule has 4 bridgehead atoms. The van der Waals surface area contributed by atoms with Gasteiger partial charge in [-0.2, -0.15) is 0 Å². The highest BCUT2D eigenvalue weighted by atomic mass is 16.6. The Morgan fingerprint density at radius 3 is 2.22 bits per heavy atom. The van der Waals surface area contributed by atoms with Crippen molar-refractivity contribution in [2.75, 3.05) is 40.0 Å². The molecule has 1 fully saturated rings. The Labute approximate surface area is 446 Å². The normalized spacial score (nSPS) is 22.4. The number of ketones is 2. The number of aryl methyl sites for hydroxylation is 2. The summed E-state index contributed by atoms with van der Waals surface area (Å²) in [5.41, 5.74) is 3.19. The second-order valence-electron chi connectivity index (χ2n) is 21.0. The van der Waals surface area contributed by atoms with Crippen LogP contribution in [0, 0.1) is 18.8 Å². The van der Waals surface area contributed by atoms with Crippen LogP contribution in [0.15, 0.2) is 54.6 Å².